The molecule has 4 aromatic heterocycles. The van der Waals surface area contributed by atoms with Crippen molar-refractivity contribution in [2.45, 2.75) is 41.9 Å². The number of hydrogen-bond acceptors (Lipinski definition) is 20. The van der Waals surface area contributed by atoms with E-state index in [0.717, 1.165) is 183 Å². The lowest BCUT2D eigenvalue weighted by molar-refractivity contribution is 0.121. The first-order valence-electron chi connectivity index (χ1n) is 28.8. The number of aliphatic hydroxyl groups excluding tert-OH is 1. The van der Waals surface area contributed by atoms with Gasteiger partial charge >= 0.3 is 0 Å². The highest BCUT2D eigenvalue weighted by molar-refractivity contribution is 7.99. The van der Waals surface area contributed by atoms with Gasteiger partial charge in [0.1, 0.15) is 30.1 Å². The number of benzene rings is 4. The molecule has 434 valence electrons. The molecular formula is C62H73FN14O5S. The summed E-state index contributed by atoms with van der Waals surface area (Å²) in [7, 11) is 5.50. The number of hydrogen-bond donors (Lipinski definition) is 1. The van der Waals surface area contributed by atoms with Gasteiger partial charge in [0.15, 0.2) is 23.0 Å². The van der Waals surface area contributed by atoms with E-state index < -0.39 is 0 Å². The highest BCUT2D eigenvalue weighted by Gasteiger charge is 2.27. The van der Waals surface area contributed by atoms with Crippen molar-refractivity contribution in [3.05, 3.63) is 133 Å². The molecule has 4 aliphatic rings. The molecule has 21 heteroatoms. The molecule has 1 N–H and O–H groups in total. The number of piperidine rings is 2. The Kier molecular flexibility index (Phi) is 19.0. The molecule has 19 nitrogen and oxygen atoms in total. The van der Waals surface area contributed by atoms with E-state index in [1.807, 2.05) is 55.1 Å². The lowest BCUT2D eigenvalue weighted by atomic mass is 9.98. The van der Waals surface area contributed by atoms with Gasteiger partial charge in [-0.05, 0) is 118 Å². The summed E-state index contributed by atoms with van der Waals surface area (Å²) in [5, 5.41) is 11.1. The second kappa shape index (κ2) is 27.6. The van der Waals surface area contributed by atoms with Crippen molar-refractivity contribution in [2.75, 3.05) is 146 Å². The Balaban J connectivity index is 0.000000174. The van der Waals surface area contributed by atoms with Crippen molar-refractivity contribution in [3.8, 4) is 23.0 Å². The molecule has 8 aromatic rings. The highest BCUT2D eigenvalue weighted by atomic mass is 32.2. The predicted octanol–water partition coefficient (Wildman–Crippen LogP) is 8.19. The van der Waals surface area contributed by atoms with Crippen LogP contribution in [0.3, 0.4) is 0 Å². The van der Waals surface area contributed by atoms with Crippen LogP contribution in [0.2, 0.25) is 0 Å². The first kappa shape index (κ1) is 57.1. The van der Waals surface area contributed by atoms with E-state index >= 15 is 0 Å². The van der Waals surface area contributed by atoms with Gasteiger partial charge in [0.25, 0.3) is 0 Å². The number of likely N-dealkylation sites (tertiary alicyclic amines) is 2. The van der Waals surface area contributed by atoms with E-state index in [-0.39, 0.29) is 12.4 Å². The molecule has 4 saturated heterocycles. The van der Waals surface area contributed by atoms with Crippen LogP contribution in [0, 0.1) is 17.7 Å². The minimum Gasteiger partial charge on any atom is -0.493 e. The third-order valence-corrected chi connectivity index (χ3v) is 17.0. The number of nitrogens with zero attached hydrogens (tertiary/aromatic N) is 14. The summed E-state index contributed by atoms with van der Waals surface area (Å²) >= 11 is 1.51. The van der Waals surface area contributed by atoms with Gasteiger partial charge < -0.3 is 53.5 Å². The molecule has 8 heterocycles. The fourth-order valence-electron chi connectivity index (χ4n) is 11.1. The molecule has 4 fully saturated rings. The highest BCUT2D eigenvalue weighted by Crippen LogP contribution is 2.38. The van der Waals surface area contributed by atoms with E-state index in [1.165, 1.54) is 29.5 Å². The number of anilines is 4. The molecule has 0 saturated carbocycles. The fourth-order valence-corrected chi connectivity index (χ4v) is 11.9. The lowest BCUT2D eigenvalue weighted by Crippen LogP contribution is -2.47. The van der Waals surface area contributed by atoms with Crippen molar-refractivity contribution in [1.29, 1.82) is 0 Å². The summed E-state index contributed by atoms with van der Waals surface area (Å²) < 4.78 is 37.2. The van der Waals surface area contributed by atoms with Crippen molar-refractivity contribution in [3.63, 3.8) is 0 Å². The maximum absolute atomic E-state index is 13.2. The standard InChI is InChI=1S/C32H39N7O3.C30H34FN7O2S/c1-41-29-19-28-27(18-30(29)42-22-25-7-9-37(10-8-25)15-16-40)31(36-23-35-28)38-11-13-39(14-12-38)32-33-20-26(21-34-32)17-24-5-3-2-4-6-24;1-36-9-7-21(8-10-36)19-40-28-15-25-26(16-27(28)39-2)34-20-35-29(25)37-11-13-38(14-12-37)30-32-17-24(18-33-30)41-23-5-3-22(31)4-6-23/h2-6,18-21,23,25,40H,7-17,22H2,1H3;3-6,15-18,20-21H,7-14,19H2,1-2H3. The van der Waals surface area contributed by atoms with Gasteiger partial charge in [-0.25, -0.2) is 44.3 Å². The van der Waals surface area contributed by atoms with E-state index in [4.69, 9.17) is 23.9 Å². The van der Waals surface area contributed by atoms with Crippen LogP contribution in [0.15, 0.2) is 126 Å². The minimum atomic E-state index is -0.244. The molecule has 0 amide bonds. The van der Waals surface area contributed by atoms with Gasteiger partial charge in [0.05, 0.1) is 45.1 Å². The van der Waals surface area contributed by atoms with Crippen LogP contribution in [0.5, 0.6) is 23.0 Å². The average Bonchev–Trinajstić information content (AvgIpc) is 3.57. The van der Waals surface area contributed by atoms with E-state index in [2.05, 4.69) is 95.6 Å². The third-order valence-electron chi connectivity index (χ3n) is 16.0. The van der Waals surface area contributed by atoms with Crippen LogP contribution in [0.25, 0.3) is 21.8 Å². The summed E-state index contributed by atoms with van der Waals surface area (Å²) in [6.07, 6.45) is 16.0. The first-order valence-corrected chi connectivity index (χ1v) is 29.6. The number of rotatable bonds is 18. The van der Waals surface area contributed by atoms with Crippen LogP contribution in [-0.2, 0) is 6.42 Å². The lowest BCUT2D eigenvalue weighted by Gasteiger charge is -2.35. The largest absolute Gasteiger partial charge is 0.493 e. The molecule has 0 spiro atoms. The summed E-state index contributed by atoms with van der Waals surface area (Å²) in [6, 6.07) is 24.8. The maximum atomic E-state index is 13.2. The Bertz CT molecular complexity index is 3350. The number of β-amino-alcohol motifs (C(OH)–C–C–N with tert-alkyl or cyclic N) is 1. The number of ether oxygens (including phenoxy) is 4. The second-order valence-electron chi connectivity index (χ2n) is 21.6. The van der Waals surface area contributed by atoms with Crippen molar-refractivity contribution < 1.29 is 28.4 Å². The quantitative estimate of drug-likeness (QED) is 0.0868. The van der Waals surface area contributed by atoms with Crippen molar-refractivity contribution in [1.82, 2.24) is 49.7 Å². The Morgan fingerprint density at radius 3 is 1.49 bits per heavy atom. The number of aliphatic hydroxyl groups is 1. The number of piperazine rings is 2. The molecule has 83 heavy (non-hydrogen) atoms. The van der Waals surface area contributed by atoms with Crippen molar-refractivity contribution >= 4 is 57.1 Å². The average molecular weight is 1150 g/mol. The van der Waals surface area contributed by atoms with E-state index in [1.54, 1.807) is 39.0 Å². The zero-order valence-electron chi connectivity index (χ0n) is 47.6. The van der Waals surface area contributed by atoms with Crippen LogP contribution in [-0.4, -0.2) is 181 Å². The summed E-state index contributed by atoms with van der Waals surface area (Å²) in [6.45, 7) is 12.8. The van der Waals surface area contributed by atoms with Crippen LogP contribution in [0.4, 0.5) is 27.9 Å². The molecule has 0 aliphatic carbocycles. The number of aromatic nitrogens is 8. The number of fused-ring (bicyclic) bond motifs is 2. The molecule has 0 radical (unpaired) electrons. The van der Waals surface area contributed by atoms with E-state index in [0.29, 0.717) is 42.5 Å². The Labute approximate surface area is 488 Å². The normalized spacial score (nSPS) is 16.7. The molecule has 0 atom stereocenters. The van der Waals surface area contributed by atoms with Gasteiger partial charge in [-0.15, -0.1) is 0 Å². The van der Waals surface area contributed by atoms with Gasteiger partial charge in [-0.1, -0.05) is 42.1 Å². The molecule has 0 unspecified atom stereocenters. The van der Waals surface area contributed by atoms with Crippen molar-refractivity contribution in [2.24, 2.45) is 11.8 Å². The Hall–Kier alpha value is -7.72. The van der Waals surface area contributed by atoms with Crippen LogP contribution < -0.4 is 38.5 Å². The van der Waals surface area contributed by atoms with E-state index in [9.17, 15) is 9.50 Å². The second-order valence-corrected chi connectivity index (χ2v) is 22.7. The summed E-state index contributed by atoms with van der Waals surface area (Å²) in [4.78, 5) is 52.5. The van der Waals surface area contributed by atoms with Gasteiger partial charge in [0.2, 0.25) is 11.9 Å². The van der Waals surface area contributed by atoms with Crippen LogP contribution in [0.1, 0.15) is 36.8 Å². The van der Waals surface area contributed by atoms with Gasteiger partial charge in [0, 0.05) is 123 Å². The maximum Gasteiger partial charge on any atom is 0.225 e. The number of halogens is 1. The first-order chi connectivity index (χ1) is 40.7. The van der Waals surface area contributed by atoms with Crippen LogP contribution >= 0.6 is 11.8 Å². The SMILES string of the molecule is COc1cc2ncnc(N3CCN(c4ncc(Cc5ccccc5)cn4)CC3)c2cc1OCC1CCN(CCO)CC1.COc1cc2ncnc(N3CCN(c4ncc(Sc5ccc(F)cc5)cn4)CC3)c2cc1OCC1CCN(C)CC1. The third kappa shape index (κ3) is 14.6. The topological polar surface area (TPSA) is 180 Å². The fraction of sp³-hybridized carbons (Fsp3) is 0.419. The molecule has 0 bridgehead atoms. The Morgan fingerprint density at radius 1 is 0.518 bits per heavy atom. The molecule has 4 aromatic carbocycles. The molecular weight excluding hydrogens is 1070 g/mol. The molecule has 4 aliphatic heterocycles. The zero-order chi connectivity index (χ0) is 56.9. The van der Waals surface area contributed by atoms with Gasteiger partial charge in [-0.3, -0.25) is 0 Å². The molecule has 12 rings (SSSR count). The smallest absolute Gasteiger partial charge is 0.225 e. The predicted molar refractivity (Wildman–Crippen MR) is 322 cm³/mol. The summed E-state index contributed by atoms with van der Waals surface area (Å²) in [5.74, 6) is 6.89. The minimum absolute atomic E-state index is 0.213. The monoisotopic (exact) mass is 1140 g/mol. The summed E-state index contributed by atoms with van der Waals surface area (Å²) in [5.41, 5.74) is 4.03. The zero-order valence-corrected chi connectivity index (χ0v) is 48.4. The Morgan fingerprint density at radius 2 is 1.00 bits per heavy atom. The van der Waals surface area contributed by atoms with Gasteiger partial charge in [-0.2, -0.15) is 0 Å². The number of methoxy groups -OCH3 is 2.